The van der Waals surface area contributed by atoms with Crippen molar-refractivity contribution in [2.24, 2.45) is 5.92 Å². The van der Waals surface area contributed by atoms with Gasteiger partial charge < -0.3 is 16.0 Å². The molecule has 3 N–H and O–H groups in total. The summed E-state index contributed by atoms with van der Waals surface area (Å²) in [5, 5.41) is 18.3. The van der Waals surface area contributed by atoms with Crippen molar-refractivity contribution in [1.29, 1.82) is 5.26 Å². The van der Waals surface area contributed by atoms with E-state index in [2.05, 4.69) is 22.0 Å². The third-order valence-electron chi connectivity index (χ3n) is 4.39. The van der Waals surface area contributed by atoms with Crippen LogP contribution in [-0.4, -0.2) is 30.4 Å². The van der Waals surface area contributed by atoms with Crippen molar-refractivity contribution in [3.8, 4) is 6.07 Å². The maximum atomic E-state index is 12.1. The summed E-state index contributed by atoms with van der Waals surface area (Å²) in [5.74, 6) is -0.0951. The van der Waals surface area contributed by atoms with Crippen LogP contribution in [-0.2, 0) is 4.79 Å². The van der Waals surface area contributed by atoms with Gasteiger partial charge in [-0.3, -0.25) is 9.59 Å². The van der Waals surface area contributed by atoms with Gasteiger partial charge >= 0.3 is 0 Å². The Morgan fingerprint density at radius 2 is 2.00 bits per heavy atom. The van der Waals surface area contributed by atoms with Crippen LogP contribution in [0.25, 0.3) is 0 Å². The SMILES string of the molecule is CC(C)CNC(=O)c1ccc(NCC(=O)NC2(C#N)CCCC2)cc1Cl. The summed E-state index contributed by atoms with van der Waals surface area (Å²) in [6.45, 7) is 4.65. The second-order valence-corrected chi connectivity index (χ2v) is 7.51. The number of benzene rings is 1. The molecule has 6 nitrogen and oxygen atoms in total. The van der Waals surface area contributed by atoms with Crippen LogP contribution in [0, 0.1) is 17.2 Å². The van der Waals surface area contributed by atoms with E-state index in [1.807, 2.05) is 13.8 Å². The van der Waals surface area contributed by atoms with Crippen molar-refractivity contribution in [2.75, 3.05) is 18.4 Å². The lowest BCUT2D eigenvalue weighted by Gasteiger charge is -2.22. The smallest absolute Gasteiger partial charge is 0.252 e. The maximum Gasteiger partial charge on any atom is 0.252 e. The molecule has 2 rings (SSSR count). The van der Waals surface area contributed by atoms with E-state index in [-0.39, 0.29) is 18.4 Å². The van der Waals surface area contributed by atoms with E-state index in [0.717, 1.165) is 12.8 Å². The number of hydrogen-bond acceptors (Lipinski definition) is 4. The first-order valence-electron chi connectivity index (χ1n) is 8.89. The van der Waals surface area contributed by atoms with E-state index >= 15 is 0 Å². The van der Waals surface area contributed by atoms with Gasteiger partial charge in [0.2, 0.25) is 5.91 Å². The van der Waals surface area contributed by atoms with Crippen molar-refractivity contribution < 1.29 is 9.59 Å². The van der Waals surface area contributed by atoms with E-state index in [1.165, 1.54) is 0 Å². The maximum absolute atomic E-state index is 12.1. The molecule has 0 aliphatic heterocycles. The molecular weight excluding hydrogens is 352 g/mol. The molecular formula is C19H25ClN4O2. The molecule has 2 amide bonds. The van der Waals surface area contributed by atoms with Crippen molar-refractivity contribution in [3.63, 3.8) is 0 Å². The van der Waals surface area contributed by atoms with Gasteiger partial charge in [0.1, 0.15) is 5.54 Å². The van der Waals surface area contributed by atoms with E-state index in [4.69, 9.17) is 11.6 Å². The number of hydrogen-bond donors (Lipinski definition) is 3. The van der Waals surface area contributed by atoms with E-state index in [0.29, 0.717) is 41.6 Å². The zero-order valence-corrected chi connectivity index (χ0v) is 15.9. The second kappa shape index (κ2) is 8.91. The van der Waals surface area contributed by atoms with Gasteiger partial charge in [-0.15, -0.1) is 0 Å². The molecule has 0 aromatic heterocycles. The summed E-state index contributed by atoms with van der Waals surface area (Å²) < 4.78 is 0. The van der Waals surface area contributed by atoms with Crippen molar-refractivity contribution >= 4 is 29.1 Å². The summed E-state index contributed by atoms with van der Waals surface area (Å²) in [4.78, 5) is 24.2. The Labute approximate surface area is 159 Å². The first-order chi connectivity index (χ1) is 12.3. The second-order valence-electron chi connectivity index (χ2n) is 7.10. The largest absolute Gasteiger partial charge is 0.376 e. The van der Waals surface area contributed by atoms with Crippen molar-refractivity contribution in [1.82, 2.24) is 10.6 Å². The molecule has 1 saturated carbocycles. The van der Waals surface area contributed by atoms with Gasteiger partial charge in [-0.25, -0.2) is 0 Å². The Kier molecular flexibility index (Phi) is 6.87. The summed E-state index contributed by atoms with van der Waals surface area (Å²) in [5.41, 5.74) is 0.314. The molecule has 1 aliphatic rings. The number of carbonyl (C=O) groups is 2. The quantitative estimate of drug-likeness (QED) is 0.681. The molecule has 0 heterocycles. The minimum Gasteiger partial charge on any atom is -0.376 e. The highest BCUT2D eigenvalue weighted by Gasteiger charge is 2.35. The van der Waals surface area contributed by atoms with E-state index < -0.39 is 5.54 Å². The van der Waals surface area contributed by atoms with Gasteiger partial charge in [-0.2, -0.15) is 5.26 Å². The lowest BCUT2D eigenvalue weighted by molar-refractivity contribution is -0.120. The molecule has 0 bridgehead atoms. The minimum atomic E-state index is -0.727. The molecule has 1 aliphatic carbocycles. The molecule has 0 spiro atoms. The van der Waals surface area contributed by atoms with Crippen LogP contribution in [0.2, 0.25) is 5.02 Å². The molecule has 1 aromatic rings. The molecule has 7 heteroatoms. The van der Waals surface area contributed by atoms with Crippen LogP contribution >= 0.6 is 11.6 Å². The fourth-order valence-electron chi connectivity index (χ4n) is 2.94. The monoisotopic (exact) mass is 376 g/mol. The van der Waals surface area contributed by atoms with Crippen LogP contribution in [0.3, 0.4) is 0 Å². The highest BCUT2D eigenvalue weighted by molar-refractivity contribution is 6.34. The van der Waals surface area contributed by atoms with Crippen LogP contribution in [0.15, 0.2) is 18.2 Å². The van der Waals surface area contributed by atoms with Gasteiger partial charge in [-0.05, 0) is 49.8 Å². The fourth-order valence-corrected chi connectivity index (χ4v) is 3.20. The lowest BCUT2D eigenvalue weighted by atomic mass is 10.00. The first kappa shape index (κ1) is 20.1. The Morgan fingerprint density at radius 1 is 1.31 bits per heavy atom. The number of anilines is 1. The number of nitrogens with one attached hydrogen (secondary N) is 3. The molecule has 1 aromatic carbocycles. The predicted molar refractivity (Wildman–Crippen MR) is 102 cm³/mol. The molecule has 0 saturated heterocycles. The number of nitrogens with zero attached hydrogens (tertiary/aromatic N) is 1. The Hall–Kier alpha value is -2.26. The highest BCUT2D eigenvalue weighted by atomic mass is 35.5. The topological polar surface area (TPSA) is 94.0 Å². The van der Waals surface area contributed by atoms with Crippen molar-refractivity contribution in [2.45, 2.75) is 45.1 Å². The van der Waals surface area contributed by atoms with Crippen LogP contribution in [0.5, 0.6) is 0 Å². The van der Waals surface area contributed by atoms with Gasteiger partial charge in [0.05, 0.1) is 23.2 Å². The zero-order chi connectivity index (χ0) is 19.2. The third kappa shape index (κ3) is 5.37. The summed E-state index contributed by atoms with van der Waals surface area (Å²) in [6, 6.07) is 7.19. The van der Waals surface area contributed by atoms with Crippen LogP contribution in [0.1, 0.15) is 49.9 Å². The molecule has 0 unspecified atom stereocenters. The van der Waals surface area contributed by atoms with Crippen molar-refractivity contribution in [3.05, 3.63) is 28.8 Å². The minimum absolute atomic E-state index is 0.0403. The fraction of sp³-hybridized carbons (Fsp3) is 0.526. The normalized spacial score (nSPS) is 15.3. The number of halogens is 1. The van der Waals surface area contributed by atoms with Gasteiger partial charge in [0, 0.05) is 12.2 Å². The van der Waals surface area contributed by atoms with Crippen LogP contribution < -0.4 is 16.0 Å². The highest BCUT2D eigenvalue weighted by Crippen LogP contribution is 2.28. The number of amides is 2. The Balaban J connectivity index is 1.90. The molecule has 0 radical (unpaired) electrons. The lowest BCUT2D eigenvalue weighted by Crippen LogP contribution is -2.47. The first-order valence-corrected chi connectivity index (χ1v) is 9.27. The summed E-state index contributed by atoms with van der Waals surface area (Å²) in [7, 11) is 0. The van der Waals surface area contributed by atoms with Gasteiger partial charge in [0.25, 0.3) is 5.91 Å². The average molecular weight is 377 g/mol. The summed E-state index contributed by atoms with van der Waals surface area (Å²) >= 11 is 6.19. The van der Waals surface area contributed by atoms with E-state index in [1.54, 1.807) is 18.2 Å². The standard InChI is InChI=1S/C19H25ClN4O2/c1-13(2)10-23-18(26)15-6-5-14(9-16(15)20)22-11-17(25)24-19(12-21)7-3-4-8-19/h5-6,9,13,22H,3-4,7-8,10-11H2,1-2H3,(H,23,26)(H,24,25). The molecule has 140 valence electrons. The summed E-state index contributed by atoms with van der Waals surface area (Å²) in [6.07, 6.45) is 3.30. The average Bonchev–Trinajstić information content (AvgIpc) is 3.07. The molecule has 26 heavy (non-hydrogen) atoms. The zero-order valence-electron chi connectivity index (χ0n) is 15.2. The van der Waals surface area contributed by atoms with Gasteiger partial charge in [0.15, 0.2) is 0 Å². The number of nitriles is 1. The Morgan fingerprint density at radius 3 is 2.58 bits per heavy atom. The number of carbonyl (C=O) groups excluding carboxylic acids is 2. The van der Waals surface area contributed by atoms with Crippen LogP contribution in [0.4, 0.5) is 5.69 Å². The molecule has 0 atom stereocenters. The number of rotatable bonds is 7. The van der Waals surface area contributed by atoms with E-state index in [9.17, 15) is 14.9 Å². The predicted octanol–water partition coefficient (Wildman–Crippen LogP) is 3.09. The third-order valence-corrected chi connectivity index (χ3v) is 4.70. The van der Waals surface area contributed by atoms with Gasteiger partial charge in [-0.1, -0.05) is 25.4 Å². The Bertz CT molecular complexity index is 706. The molecule has 1 fully saturated rings.